The van der Waals surface area contributed by atoms with Gasteiger partial charge in [-0.15, -0.1) is 0 Å². The summed E-state index contributed by atoms with van der Waals surface area (Å²) in [7, 11) is 0. The summed E-state index contributed by atoms with van der Waals surface area (Å²) in [6, 6.07) is 17.0. The average molecular weight is 252 g/mol. The first-order chi connectivity index (χ1) is 9.27. The Labute approximate surface area is 113 Å². The maximum absolute atomic E-state index is 10.9. The van der Waals surface area contributed by atoms with Crippen molar-refractivity contribution in [3.8, 4) is 11.1 Å². The number of carbonyl (C=O) groups excluding carboxylic acids is 1. The fourth-order valence-electron chi connectivity index (χ4n) is 2.89. The second kappa shape index (κ2) is 4.88. The molecule has 2 nitrogen and oxygen atoms in total. The summed E-state index contributed by atoms with van der Waals surface area (Å²) in [5.41, 5.74) is 5.31. The first-order valence-corrected chi connectivity index (χ1v) is 6.59. The van der Waals surface area contributed by atoms with Crippen molar-refractivity contribution in [1.82, 2.24) is 0 Å². The van der Waals surface area contributed by atoms with Crippen LogP contribution in [0, 0.1) is 0 Å². The third-order valence-corrected chi connectivity index (χ3v) is 3.67. The van der Waals surface area contributed by atoms with Crippen molar-refractivity contribution < 1.29 is 9.53 Å². The molecule has 0 heterocycles. The lowest BCUT2D eigenvalue weighted by Crippen LogP contribution is -2.06. The van der Waals surface area contributed by atoms with Gasteiger partial charge in [0.1, 0.15) is 0 Å². The van der Waals surface area contributed by atoms with Crippen LogP contribution in [0.3, 0.4) is 0 Å². The van der Waals surface area contributed by atoms with Crippen LogP contribution in [0.2, 0.25) is 0 Å². The molecule has 0 saturated heterocycles. The van der Waals surface area contributed by atoms with E-state index in [1.807, 2.05) is 0 Å². The molecule has 0 unspecified atom stereocenters. The minimum absolute atomic E-state index is 0.209. The zero-order valence-corrected chi connectivity index (χ0v) is 10.9. The molecule has 19 heavy (non-hydrogen) atoms. The number of esters is 1. The van der Waals surface area contributed by atoms with E-state index in [2.05, 4.69) is 48.5 Å². The molecule has 0 radical (unpaired) electrons. The molecule has 96 valence electrons. The van der Waals surface area contributed by atoms with E-state index >= 15 is 0 Å². The van der Waals surface area contributed by atoms with Crippen LogP contribution in [-0.2, 0) is 9.53 Å². The molecule has 2 aromatic rings. The summed E-state index contributed by atoms with van der Waals surface area (Å²) in [6.45, 7) is 1.93. The quantitative estimate of drug-likeness (QED) is 0.778. The maximum atomic E-state index is 10.9. The Bertz CT molecular complexity index is 571. The van der Waals surface area contributed by atoms with Crippen LogP contribution >= 0.6 is 0 Å². The molecule has 3 rings (SSSR count). The second-order valence-electron chi connectivity index (χ2n) is 4.86. The SMILES string of the molecule is CC(=O)OCCC1c2ccccc2-c2ccccc21. The van der Waals surface area contributed by atoms with Crippen LogP contribution in [0.4, 0.5) is 0 Å². The topological polar surface area (TPSA) is 26.3 Å². The van der Waals surface area contributed by atoms with E-state index in [4.69, 9.17) is 4.74 Å². The summed E-state index contributed by atoms with van der Waals surface area (Å²) in [5, 5.41) is 0. The van der Waals surface area contributed by atoms with E-state index in [0.717, 1.165) is 6.42 Å². The van der Waals surface area contributed by atoms with Crippen LogP contribution in [0.15, 0.2) is 48.5 Å². The van der Waals surface area contributed by atoms with Gasteiger partial charge in [0, 0.05) is 12.8 Å². The van der Waals surface area contributed by atoms with E-state index in [1.54, 1.807) is 0 Å². The van der Waals surface area contributed by atoms with Gasteiger partial charge in [-0.2, -0.15) is 0 Å². The van der Waals surface area contributed by atoms with Gasteiger partial charge in [0.05, 0.1) is 6.61 Å². The van der Waals surface area contributed by atoms with E-state index in [0.29, 0.717) is 12.5 Å². The summed E-state index contributed by atoms with van der Waals surface area (Å²) < 4.78 is 5.09. The smallest absolute Gasteiger partial charge is 0.302 e. The molecule has 0 aliphatic heterocycles. The Morgan fingerprint density at radius 3 is 2.05 bits per heavy atom. The second-order valence-corrected chi connectivity index (χ2v) is 4.86. The molecule has 1 aliphatic rings. The minimum atomic E-state index is -0.209. The van der Waals surface area contributed by atoms with E-state index in [1.165, 1.54) is 29.2 Å². The summed E-state index contributed by atoms with van der Waals surface area (Å²) in [6.07, 6.45) is 0.841. The van der Waals surface area contributed by atoms with Gasteiger partial charge in [-0.25, -0.2) is 0 Å². The molecule has 0 spiro atoms. The highest BCUT2D eigenvalue weighted by Gasteiger charge is 2.27. The van der Waals surface area contributed by atoms with Crippen molar-refractivity contribution in [3.63, 3.8) is 0 Å². The Morgan fingerprint density at radius 1 is 1.00 bits per heavy atom. The van der Waals surface area contributed by atoms with E-state index in [9.17, 15) is 4.79 Å². The molecule has 2 heteroatoms. The Kier molecular flexibility index (Phi) is 3.08. The molecular weight excluding hydrogens is 236 g/mol. The molecule has 0 amide bonds. The number of hydrogen-bond donors (Lipinski definition) is 0. The molecule has 0 N–H and O–H groups in total. The van der Waals surface area contributed by atoms with Crippen molar-refractivity contribution in [3.05, 3.63) is 59.7 Å². The van der Waals surface area contributed by atoms with Crippen molar-refractivity contribution >= 4 is 5.97 Å². The predicted molar refractivity (Wildman–Crippen MR) is 75.0 cm³/mol. The largest absolute Gasteiger partial charge is 0.466 e. The van der Waals surface area contributed by atoms with Gasteiger partial charge >= 0.3 is 5.97 Å². The summed E-state index contributed by atoms with van der Waals surface area (Å²) >= 11 is 0. The molecule has 0 bridgehead atoms. The first-order valence-electron chi connectivity index (χ1n) is 6.59. The highest BCUT2D eigenvalue weighted by Crippen LogP contribution is 2.45. The van der Waals surface area contributed by atoms with Gasteiger partial charge in [0.2, 0.25) is 0 Å². The molecule has 0 aromatic heterocycles. The lowest BCUT2D eigenvalue weighted by atomic mass is 9.94. The van der Waals surface area contributed by atoms with Crippen LogP contribution in [0.5, 0.6) is 0 Å². The molecule has 0 atom stereocenters. The fraction of sp³-hybridized carbons (Fsp3) is 0.235. The Hall–Kier alpha value is -2.09. The van der Waals surface area contributed by atoms with Gasteiger partial charge in [-0.3, -0.25) is 4.79 Å². The third kappa shape index (κ3) is 2.14. The molecule has 0 saturated carbocycles. The summed E-state index contributed by atoms with van der Waals surface area (Å²) in [4.78, 5) is 10.9. The molecule has 2 aromatic carbocycles. The minimum Gasteiger partial charge on any atom is -0.466 e. The average Bonchev–Trinajstić information content (AvgIpc) is 2.74. The molecular formula is C17H16O2. The number of hydrogen-bond acceptors (Lipinski definition) is 2. The van der Waals surface area contributed by atoms with Crippen molar-refractivity contribution in [1.29, 1.82) is 0 Å². The monoisotopic (exact) mass is 252 g/mol. The molecule has 1 aliphatic carbocycles. The van der Waals surface area contributed by atoms with Gasteiger partial charge < -0.3 is 4.74 Å². The number of ether oxygens (including phenoxy) is 1. The van der Waals surface area contributed by atoms with E-state index < -0.39 is 0 Å². The van der Waals surface area contributed by atoms with Crippen molar-refractivity contribution in [2.75, 3.05) is 6.61 Å². The number of fused-ring (bicyclic) bond motifs is 3. The van der Waals surface area contributed by atoms with E-state index in [-0.39, 0.29) is 5.97 Å². The lowest BCUT2D eigenvalue weighted by molar-refractivity contribution is -0.141. The van der Waals surface area contributed by atoms with Crippen LogP contribution in [0.1, 0.15) is 30.4 Å². The maximum Gasteiger partial charge on any atom is 0.302 e. The summed E-state index contributed by atoms with van der Waals surface area (Å²) in [5.74, 6) is 0.131. The zero-order valence-electron chi connectivity index (χ0n) is 10.9. The highest BCUT2D eigenvalue weighted by atomic mass is 16.5. The van der Waals surface area contributed by atoms with Crippen LogP contribution in [-0.4, -0.2) is 12.6 Å². The number of rotatable bonds is 3. The number of benzene rings is 2. The Morgan fingerprint density at radius 2 is 1.53 bits per heavy atom. The standard InChI is InChI=1S/C17H16O2/c1-12(18)19-11-10-17-15-8-4-2-6-13(15)14-7-3-5-9-16(14)17/h2-9,17H,10-11H2,1H3. The van der Waals surface area contributed by atoms with Gasteiger partial charge in [-0.05, 0) is 28.7 Å². The fourth-order valence-corrected chi connectivity index (χ4v) is 2.89. The van der Waals surface area contributed by atoms with Gasteiger partial charge in [0.25, 0.3) is 0 Å². The predicted octanol–water partition coefficient (Wildman–Crippen LogP) is 3.75. The van der Waals surface area contributed by atoms with Crippen molar-refractivity contribution in [2.45, 2.75) is 19.3 Å². The third-order valence-electron chi connectivity index (χ3n) is 3.67. The lowest BCUT2D eigenvalue weighted by Gasteiger charge is -2.13. The zero-order chi connectivity index (χ0) is 13.2. The Balaban J connectivity index is 1.93. The molecule has 0 fully saturated rings. The van der Waals surface area contributed by atoms with Gasteiger partial charge in [0.15, 0.2) is 0 Å². The van der Waals surface area contributed by atoms with Gasteiger partial charge in [-0.1, -0.05) is 48.5 Å². The normalized spacial score (nSPS) is 12.9. The van der Waals surface area contributed by atoms with Crippen LogP contribution in [0.25, 0.3) is 11.1 Å². The van der Waals surface area contributed by atoms with Crippen LogP contribution < -0.4 is 0 Å². The number of carbonyl (C=O) groups is 1. The highest BCUT2D eigenvalue weighted by molar-refractivity contribution is 5.78. The van der Waals surface area contributed by atoms with Crippen molar-refractivity contribution in [2.24, 2.45) is 0 Å². The first kappa shape index (κ1) is 12.0.